The van der Waals surface area contributed by atoms with Crippen LogP contribution in [-0.4, -0.2) is 0 Å². The van der Waals surface area contributed by atoms with E-state index in [1.807, 2.05) is 0 Å². The van der Waals surface area contributed by atoms with Crippen molar-refractivity contribution in [3.63, 3.8) is 0 Å². The molecule has 0 saturated carbocycles. The van der Waals surface area contributed by atoms with Gasteiger partial charge in [-0.05, 0) is 0 Å². The van der Waals surface area contributed by atoms with Gasteiger partial charge in [-0.2, -0.15) is 0 Å². The summed E-state index contributed by atoms with van der Waals surface area (Å²) in [4.78, 5) is 0. The zero-order chi connectivity index (χ0) is 4.50. The second-order valence-corrected chi connectivity index (χ2v) is 2.54. The molecule has 0 amide bonds. The Hall–Kier alpha value is 2.20. The predicted molar refractivity (Wildman–Crippen MR) is 6.66 cm³/mol. The van der Waals surface area contributed by atoms with E-state index in [2.05, 4.69) is 0 Å². The maximum atomic E-state index is 9.90. The molecule has 0 fully saturated rings. The molecule has 0 nitrogen and oxygen atoms in total. The maximum absolute atomic E-state index is 9.90. The number of rotatable bonds is 0. The van der Waals surface area contributed by atoms with Gasteiger partial charge in [-0.25, -0.2) is 0 Å². The largest absolute Gasteiger partial charge is 1.00 e. The van der Waals surface area contributed by atoms with E-state index in [-0.39, 0.29) is 51.3 Å². The Morgan fingerprint density at radius 3 is 1.00 bits per heavy atom. The Kier molecular flexibility index (Phi) is 14.5. The summed E-state index contributed by atoms with van der Waals surface area (Å²) < 4.78 is 39.6. The van der Waals surface area contributed by atoms with Crippen LogP contribution in [0.25, 0.3) is 0 Å². The van der Waals surface area contributed by atoms with Crippen molar-refractivity contribution >= 4 is 0 Å². The van der Waals surface area contributed by atoms with Gasteiger partial charge in [-0.15, -0.1) is 0 Å². The minimum Gasteiger partial charge on any atom is -1.00 e. The Bertz CT molecular complexity index is 34.0. The molecule has 0 radical (unpaired) electrons. The van der Waals surface area contributed by atoms with Gasteiger partial charge in [-0.1, -0.05) is 0 Å². The average Bonchev–Trinajstić information content (AvgIpc) is 0.722. The van der Waals surface area contributed by atoms with Gasteiger partial charge in [0.2, 0.25) is 0 Å². The van der Waals surface area contributed by atoms with Crippen molar-refractivity contribution in [2.75, 3.05) is 0 Å². The molecule has 7 heavy (non-hydrogen) atoms. The zero-order valence-corrected chi connectivity index (χ0v) is 8.47. The molecule has 0 N–H and O–H groups in total. The molecule has 0 spiro atoms. The number of hydrogen-bond acceptors (Lipinski definition) is 0. The first-order valence-electron chi connectivity index (χ1n) is 0.756. The summed E-state index contributed by atoms with van der Waals surface area (Å²) in [6.07, 6.45) is 0. The van der Waals surface area contributed by atoms with Gasteiger partial charge in [0.1, 0.15) is 0 Å². The van der Waals surface area contributed by atoms with E-state index < -0.39 is 22.7 Å². The van der Waals surface area contributed by atoms with E-state index in [0.717, 1.165) is 0 Å². The molecule has 0 aliphatic rings. The van der Waals surface area contributed by atoms with Crippen LogP contribution in [0.3, 0.4) is 0 Å². The molecule has 0 unspecified atom stereocenters. The van der Waals surface area contributed by atoms with Gasteiger partial charge >= 0.3 is 81.6 Å². The second kappa shape index (κ2) is 6.32. The van der Waals surface area contributed by atoms with Crippen LogP contribution in [0.15, 0.2) is 0 Å². The topological polar surface area (TPSA) is 0 Å². The summed E-state index contributed by atoms with van der Waals surface area (Å²) in [6.45, 7) is 0. The van der Waals surface area contributed by atoms with Crippen LogP contribution < -0.4 is 48.4 Å². The molecule has 0 saturated heterocycles. The van der Waals surface area contributed by atoms with Crippen molar-refractivity contribution < 1.29 is 84.5 Å². The predicted octanol–water partition coefficient (Wildman–Crippen LogP) is -4.09. The molecule has 7 heteroatoms. The fourth-order valence-electron chi connectivity index (χ4n) is 0. The summed E-state index contributed by atoms with van der Waals surface area (Å²) in [5.74, 6) is 0. The van der Waals surface area contributed by atoms with Crippen molar-refractivity contribution in [2.24, 2.45) is 0 Å². The van der Waals surface area contributed by atoms with Crippen LogP contribution in [0.2, 0.25) is 0 Å². The van der Waals surface area contributed by atoms with Crippen molar-refractivity contribution in [1.29, 1.82) is 0 Å². The Labute approximate surface area is 83.4 Å². The molecule has 36 valence electrons. The first-order chi connectivity index (χ1) is 2.00. The maximum Gasteiger partial charge on any atom is 1.00 e. The summed E-state index contributed by atoms with van der Waals surface area (Å²) in [7, 11) is 0. The van der Waals surface area contributed by atoms with Gasteiger partial charge in [0.05, 0.1) is 0 Å². The SMILES string of the molecule is [F][Zr]([F])([F])[F].[H-].[H-].[Li+].[Na+]. The van der Waals surface area contributed by atoms with Crippen LogP contribution in [0.5, 0.6) is 0 Å². The molecule has 0 aromatic carbocycles. The van der Waals surface area contributed by atoms with E-state index >= 15 is 0 Å². The van der Waals surface area contributed by atoms with Crippen molar-refractivity contribution in [3.05, 3.63) is 0 Å². The third-order valence-corrected chi connectivity index (χ3v) is 0. The summed E-state index contributed by atoms with van der Waals surface area (Å²) in [6, 6.07) is 0. The van der Waals surface area contributed by atoms with E-state index in [9.17, 15) is 10.5 Å². The first-order valence-corrected chi connectivity index (χ1v) is 4.47. The van der Waals surface area contributed by atoms with Crippen LogP contribution >= 0.6 is 0 Å². The average molecular weight is 199 g/mol. The van der Waals surface area contributed by atoms with Gasteiger partial charge in [0, 0.05) is 0 Å². The molecule has 0 aromatic rings. The Balaban J connectivity index is -0.0000000133. The van der Waals surface area contributed by atoms with Crippen LogP contribution in [0.4, 0.5) is 10.5 Å². The zero-order valence-electron chi connectivity index (χ0n) is 6.01. The molecule has 0 bridgehead atoms. The number of halogens is 4. The van der Waals surface area contributed by atoms with Crippen molar-refractivity contribution in [1.82, 2.24) is 0 Å². The summed E-state index contributed by atoms with van der Waals surface area (Å²) in [5, 5.41) is 0. The first kappa shape index (κ1) is 16.1. The van der Waals surface area contributed by atoms with E-state index in [1.54, 1.807) is 0 Å². The van der Waals surface area contributed by atoms with Gasteiger partial charge in [0.15, 0.2) is 0 Å². The fourth-order valence-corrected chi connectivity index (χ4v) is 0. The van der Waals surface area contributed by atoms with Crippen molar-refractivity contribution in [3.8, 4) is 0 Å². The molecule has 0 aromatic heterocycles. The smallest absolute Gasteiger partial charge is 1.00 e. The normalized spacial score (nSPS) is 8.57. The van der Waals surface area contributed by atoms with Crippen LogP contribution in [0, 0.1) is 0 Å². The summed E-state index contributed by atoms with van der Waals surface area (Å²) in [5.41, 5.74) is 0. The minimum atomic E-state index is -7.18. The molecule has 0 aliphatic carbocycles. The molecule has 0 aliphatic heterocycles. The third-order valence-electron chi connectivity index (χ3n) is 0. The Morgan fingerprint density at radius 2 is 1.00 bits per heavy atom. The van der Waals surface area contributed by atoms with Crippen molar-refractivity contribution in [2.45, 2.75) is 0 Å². The standard InChI is InChI=1S/4FH.Li.Na.Zr.2H/h4*1H;;;;;/q;;;;2*+1;+4;2*-1/p-4. The molecular formula is H2F4LiNaZr. The van der Waals surface area contributed by atoms with Gasteiger partial charge < -0.3 is 2.85 Å². The van der Waals surface area contributed by atoms with E-state index in [4.69, 9.17) is 0 Å². The quantitative estimate of drug-likeness (QED) is 0.275. The monoisotopic (exact) mass is 198 g/mol. The van der Waals surface area contributed by atoms with Crippen LogP contribution in [-0.2, 0) is 22.7 Å². The molecular weight excluding hydrogens is 197 g/mol. The minimum absolute atomic E-state index is 0. The third kappa shape index (κ3) is 65.1. The second-order valence-electron chi connectivity index (χ2n) is 0.429. The van der Waals surface area contributed by atoms with E-state index in [1.165, 1.54) is 0 Å². The number of hydrogen-bond donors (Lipinski definition) is 0. The fraction of sp³-hybridized carbons (Fsp3) is 0. The summed E-state index contributed by atoms with van der Waals surface area (Å²) >= 11 is -7.18. The molecule has 0 heterocycles. The van der Waals surface area contributed by atoms with E-state index in [0.29, 0.717) is 0 Å². The molecule has 0 atom stereocenters. The van der Waals surface area contributed by atoms with Gasteiger partial charge in [-0.3, -0.25) is 0 Å². The Morgan fingerprint density at radius 1 is 1.00 bits per heavy atom. The van der Waals surface area contributed by atoms with Gasteiger partial charge in [0.25, 0.3) is 0 Å². The molecule has 0 rings (SSSR count). The van der Waals surface area contributed by atoms with Crippen LogP contribution in [0.1, 0.15) is 2.85 Å².